The van der Waals surface area contributed by atoms with E-state index in [9.17, 15) is 4.79 Å². The van der Waals surface area contributed by atoms with Crippen molar-refractivity contribution in [1.82, 2.24) is 4.90 Å². The Labute approximate surface area is 119 Å². The SMILES string of the molecule is COc1ccc(N)cc1N1CCN(C2(C=O)CC2)CC1. The van der Waals surface area contributed by atoms with Crippen LogP contribution in [0.25, 0.3) is 0 Å². The highest BCUT2D eigenvalue weighted by Crippen LogP contribution is 2.41. The Morgan fingerprint density at radius 3 is 2.50 bits per heavy atom. The van der Waals surface area contributed by atoms with Crippen molar-refractivity contribution in [3.05, 3.63) is 18.2 Å². The fraction of sp³-hybridized carbons (Fsp3) is 0.533. The van der Waals surface area contributed by atoms with Crippen molar-refractivity contribution in [2.45, 2.75) is 18.4 Å². The third kappa shape index (κ3) is 2.22. The number of nitrogen functional groups attached to an aromatic ring is 1. The first-order valence-corrected chi connectivity index (χ1v) is 7.08. The number of nitrogens with zero attached hydrogens (tertiary/aromatic N) is 2. The Hall–Kier alpha value is -1.75. The number of ether oxygens (including phenoxy) is 1. The summed E-state index contributed by atoms with van der Waals surface area (Å²) in [5.41, 5.74) is 7.52. The quantitative estimate of drug-likeness (QED) is 0.659. The minimum absolute atomic E-state index is 0.147. The van der Waals surface area contributed by atoms with E-state index in [2.05, 4.69) is 9.80 Å². The molecule has 1 saturated carbocycles. The molecular formula is C15H21N3O2. The molecule has 20 heavy (non-hydrogen) atoms. The van der Waals surface area contributed by atoms with Gasteiger partial charge in [0.05, 0.1) is 18.3 Å². The molecule has 108 valence electrons. The molecule has 1 aliphatic heterocycles. The van der Waals surface area contributed by atoms with Crippen molar-refractivity contribution in [3.8, 4) is 5.75 Å². The number of anilines is 2. The lowest BCUT2D eigenvalue weighted by Crippen LogP contribution is -2.52. The van der Waals surface area contributed by atoms with Crippen LogP contribution in [-0.4, -0.2) is 50.0 Å². The Balaban J connectivity index is 1.72. The second-order valence-corrected chi connectivity index (χ2v) is 5.63. The van der Waals surface area contributed by atoms with E-state index >= 15 is 0 Å². The van der Waals surface area contributed by atoms with Gasteiger partial charge in [-0.15, -0.1) is 0 Å². The molecule has 0 unspecified atom stereocenters. The van der Waals surface area contributed by atoms with Gasteiger partial charge in [-0.1, -0.05) is 0 Å². The van der Waals surface area contributed by atoms with Crippen molar-refractivity contribution in [2.24, 2.45) is 0 Å². The van der Waals surface area contributed by atoms with Crippen LogP contribution in [0.5, 0.6) is 5.75 Å². The van der Waals surface area contributed by atoms with E-state index in [1.165, 1.54) is 0 Å². The van der Waals surface area contributed by atoms with Gasteiger partial charge in [-0.25, -0.2) is 0 Å². The topological polar surface area (TPSA) is 58.8 Å². The van der Waals surface area contributed by atoms with E-state index in [0.29, 0.717) is 0 Å². The Morgan fingerprint density at radius 1 is 1.25 bits per heavy atom. The molecule has 3 rings (SSSR count). The van der Waals surface area contributed by atoms with Gasteiger partial charge in [0.15, 0.2) is 0 Å². The molecule has 1 saturated heterocycles. The zero-order valence-electron chi connectivity index (χ0n) is 11.8. The molecule has 0 amide bonds. The summed E-state index contributed by atoms with van der Waals surface area (Å²) in [6.45, 7) is 3.62. The predicted molar refractivity (Wildman–Crippen MR) is 79.2 cm³/mol. The van der Waals surface area contributed by atoms with Gasteiger partial charge < -0.3 is 20.2 Å². The molecule has 0 radical (unpaired) electrons. The first-order valence-electron chi connectivity index (χ1n) is 7.08. The van der Waals surface area contributed by atoms with E-state index in [-0.39, 0.29) is 5.54 Å². The number of hydrogen-bond acceptors (Lipinski definition) is 5. The molecule has 1 aromatic carbocycles. The van der Waals surface area contributed by atoms with E-state index in [1.807, 2.05) is 18.2 Å². The first kappa shape index (κ1) is 13.2. The molecule has 5 nitrogen and oxygen atoms in total. The van der Waals surface area contributed by atoms with E-state index < -0.39 is 0 Å². The second kappa shape index (κ2) is 4.98. The van der Waals surface area contributed by atoms with Crippen LogP contribution >= 0.6 is 0 Å². The zero-order chi connectivity index (χ0) is 14.2. The predicted octanol–water partition coefficient (Wildman–Crippen LogP) is 1.13. The molecular weight excluding hydrogens is 254 g/mol. The Bertz CT molecular complexity index is 506. The monoisotopic (exact) mass is 275 g/mol. The number of piperazine rings is 1. The second-order valence-electron chi connectivity index (χ2n) is 5.63. The van der Waals surface area contributed by atoms with Crippen LogP contribution in [0, 0.1) is 0 Å². The van der Waals surface area contributed by atoms with Crippen LogP contribution in [0.3, 0.4) is 0 Å². The van der Waals surface area contributed by atoms with Crippen LogP contribution in [0.2, 0.25) is 0 Å². The standard InChI is InChI=1S/C15H21N3O2/c1-20-14-3-2-12(16)10-13(14)17-6-8-18(9-7-17)15(11-19)4-5-15/h2-3,10-11H,4-9,16H2,1H3. The van der Waals surface area contributed by atoms with Crippen molar-refractivity contribution in [1.29, 1.82) is 0 Å². The maximum absolute atomic E-state index is 11.2. The summed E-state index contributed by atoms with van der Waals surface area (Å²) >= 11 is 0. The van der Waals surface area contributed by atoms with Gasteiger partial charge in [0.25, 0.3) is 0 Å². The fourth-order valence-corrected chi connectivity index (χ4v) is 2.98. The maximum atomic E-state index is 11.2. The molecule has 0 bridgehead atoms. The number of aldehydes is 1. The van der Waals surface area contributed by atoms with Crippen LogP contribution in [0.1, 0.15) is 12.8 Å². The number of nitrogens with two attached hydrogens (primary N) is 1. The molecule has 1 heterocycles. The summed E-state index contributed by atoms with van der Waals surface area (Å²) < 4.78 is 5.41. The lowest BCUT2D eigenvalue weighted by atomic mass is 10.1. The van der Waals surface area contributed by atoms with Crippen LogP contribution in [0.15, 0.2) is 18.2 Å². The average Bonchev–Trinajstić information content (AvgIpc) is 3.28. The Morgan fingerprint density at radius 2 is 1.95 bits per heavy atom. The van der Waals surface area contributed by atoms with Gasteiger partial charge in [0.1, 0.15) is 12.0 Å². The summed E-state index contributed by atoms with van der Waals surface area (Å²) in [6, 6.07) is 5.72. The molecule has 0 aromatic heterocycles. The average molecular weight is 275 g/mol. The lowest BCUT2D eigenvalue weighted by molar-refractivity contribution is -0.113. The van der Waals surface area contributed by atoms with Gasteiger partial charge in [-0.05, 0) is 31.0 Å². The van der Waals surface area contributed by atoms with Gasteiger partial charge >= 0.3 is 0 Å². The van der Waals surface area contributed by atoms with Crippen molar-refractivity contribution >= 4 is 17.7 Å². The third-order valence-electron chi connectivity index (χ3n) is 4.43. The summed E-state index contributed by atoms with van der Waals surface area (Å²) in [7, 11) is 1.68. The van der Waals surface area contributed by atoms with Crippen molar-refractivity contribution in [3.63, 3.8) is 0 Å². The van der Waals surface area contributed by atoms with Crippen molar-refractivity contribution < 1.29 is 9.53 Å². The van der Waals surface area contributed by atoms with Gasteiger partial charge in [0, 0.05) is 31.9 Å². The minimum Gasteiger partial charge on any atom is -0.495 e. The van der Waals surface area contributed by atoms with Gasteiger partial charge in [0.2, 0.25) is 0 Å². The fourth-order valence-electron chi connectivity index (χ4n) is 2.98. The Kier molecular flexibility index (Phi) is 3.30. The third-order valence-corrected chi connectivity index (χ3v) is 4.43. The van der Waals surface area contributed by atoms with E-state index in [4.69, 9.17) is 10.5 Å². The first-order chi connectivity index (χ1) is 9.68. The lowest BCUT2D eigenvalue weighted by Gasteiger charge is -2.39. The van der Waals surface area contributed by atoms with Crippen LogP contribution < -0.4 is 15.4 Å². The number of benzene rings is 1. The summed E-state index contributed by atoms with van der Waals surface area (Å²) in [5.74, 6) is 0.851. The molecule has 2 fully saturated rings. The van der Waals surface area contributed by atoms with Crippen molar-refractivity contribution in [2.75, 3.05) is 43.9 Å². The molecule has 2 N–H and O–H groups in total. The highest BCUT2D eigenvalue weighted by molar-refractivity contribution is 5.69. The smallest absolute Gasteiger partial charge is 0.142 e. The minimum atomic E-state index is -0.147. The number of hydrogen-bond donors (Lipinski definition) is 1. The zero-order valence-corrected chi connectivity index (χ0v) is 11.8. The molecule has 1 aromatic rings. The molecule has 0 atom stereocenters. The highest BCUT2D eigenvalue weighted by atomic mass is 16.5. The summed E-state index contributed by atoms with van der Waals surface area (Å²) in [5, 5.41) is 0. The molecule has 1 aliphatic carbocycles. The number of methoxy groups -OCH3 is 1. The molecule has 2 aliphatic rings. The maximum Gasteiger partial charge on any atom is 0.142 e. The normalized spacial score (nSPS) is 21.6. The van der Waals surface area contributed by atoms with Crippen LogP contribution in [-0.2, 0) is 4.79 Å². The summed E-state index contributed by atoms with van der Waals surface area (Å²) in [6.07, 6.45) is 3.15. The van der Waals surface area contributed by atoms with Gasteiger partial charge in [-0.2, -0.15) is 0 Å². The summed E-state index contributed by atoms with van der Waals surface area (Å²) in [4.78, 5) is 15.8. The van der Waals surface area contributed by atoms with Gasteiger partial charge in [-0.3, -0.25) is 4.90 Å². The number of rotatable bonds is 4. The number of carbonyl (C=O) groups excluding carboxylic acids is 1. The number of carbonyl (C=O) groups is 1. The highest BCUT2D eigenvalue weighted by Gasteiger charge is 2.48. The molecule has 5 heteroatoms. The van der Waals surface area contributed by atoms with Crippen LogP contribution in [0.4, 0.5) is 11.4 Å². The van der Waals surface area contributed by atoms with E-state index in [1.54, 1.807) is 7.11 Å². The largest absolute Gasteiger partial charge is 0.495 e. The molecule has 0 spiro atoms. The van der Waals surface area contributed by atoms with E-state index in [0.717, 1.165) is 62.4 Å².